The predicted molar refractivity (Wildman–Crippen MR) is 110 cm³/mol. The average Bonchev–Trinajstić information content (AvgIpc) is 3.04. The number of phenolic OH excluding ortho intramolecular Hbond substituents is 1. The van der Waals surface area contributed by atoms with Crippen LogP contribution in [0.25, 0.3) is 16.8 Å². The lowest BCUT2D eigenvalue weighted by molar-refractivity contribution is 0.403. The van der Waals surface area contributed by atoms with Gasteiger partial charge < -0.3 is 19.8 Å². The Labute approximate surface area is 166 Å². The molecule has 0 radical (unpaired) electrons. The van der Waals surface area contributed by atoms with Gasteiger partial charge in [0.25, 0.3) is 0 Å². The normalized spacial score (nSPS) is 17.2. The van der Waals surface area contributed by atoms with E-state index in [2.05, 4.69) is 0 Å². The van der Waals surface area contributed by atoms with Crippen molar-refractivity contribution in [1.29, 1.82) is 0 Å². The van der Waals surface area contributed by atoms with E-state index in [1.54, 1.807) is 24.3 Å². The summed E-state index contributed by atoms with van der Waals surface area (Å²) in [6.45, 7) is 0. The molecule has 0 amide bonds. The molecular weight excluding hydrogens is 389 g/mol. The van der Waals surface area contributed by atoms with Gasteiger partial charge in [-0.3, -0.25) is 9.13 Å². The molecule has 1 aliphatic rings. The minimum absolute atomic E-state index is 0.00466. The summed E-state index contributed by atoms with van der Waals surface area (Å²) in [5.74, 6) is -0.177. The molecule has 3 N–H and O–H groups in total. The largest absolute Gasteiger partial charge is 0.508 e. The van der Waals surface area contributed by atoms with E-state index in [1.807, 2.05) is 24.3 Å². The van der Waals surface area contributed by atoms with Gasteiger partial charge in [0.15, 0.2) is 5.88 Å². The van der Waals surface area contributed by atoms with E-state index in [0.29, 0.717) is 16.7 Å². The first-order valence-corrected chi connectivity index (χ1v) is 10.5. The lowest BCUT2D eigenvalue weighted by Gasteiger charge is -2.28. The molecule has 4 aromatic rings. The quantitative estimate of drug-likeness (QED) is 0.440. The fourth-order valence-corrected chi connectivity index (χ4v) is 5.98. The zero-order chi connectivity index (χ0) is 20.2. The second-order valence-corrected chi connectivity index (χ2v) is 8.97. The van der Waals surface area contributed by atoms with Crippen molar-refractivity contribution in [3.63, 3.8) is 0 Å². The Hall–Kier alpha value is -3.63. The molecule has 0 saturated carbocycles. The maximum atomic E-state index is 14.1. The predicted octanol–water partition coefficient (Wildman–Crippen LogP) is 3.88. The van der Waals surface area contributed by atoms with Gasteiger partial charge in [0, 0.05) is 11.6 Å². The highest BCUT2D eigenvalue weighted by Crippen LogP contribution is 2.56. The number of benzene rings is 3. The molecule has 0 aliphatic carbocycles. The van der Waals surface area contributed by atoms with Crippen molar-refractivity contribution in [3.05, 3.63) is 78.9 Å². The SMILES string of the molecule is O=P1(c2cc(O)n(-c3ccc(O)cc3)c2O)Oc2ccccc2-c2ccccc21. The second kappa shape index (κ2) is 6.19. The highest BCUT2D eigenvalue weighted by Gasteiger charge is 2.41. The van der Waals surface area contributed by atoms with Crippen LogP contribution in [0.4, 0.5) is 0 Å². The van der Waals surface area contributed by atoms with Crippen molar-refractivity contribution in [2.75, 3.05) is 0 Å². The van der Waals surface area contributed by atoms with Crippen molar-refractivity contribution in [3.8, 4) is 40.1 Å². The van der Waals surface area contributed by atoms with E-state index in [4.69, 9.17) is 4.52 Å². The summed E-state index contributed by atoms with van der Waals surface area (Å²) in [5.41, 5.74) is 1.98. The molecule has 0 saturated heterocycles. The third-order valence-corrected chi connectivity index (χ3v) is 7.43. The molecule has 2 heterocycles. The van der Waals surface area contributed by atoms with Crippen LogP contribution >= 0.6 is 7.37 Å². The van der Waals surface area contributed by atoms with E-state index >= 15 is 0 Å². The molecule has 0 spiro atoms. The summed E-state index contributed by atoms with van der Waals surface area (Å²) in [7, 11) is -3.74. The zero-order valence-electron chi connectivity index (χ0n) is 15.1. The summed E-state index contributed by atoms with van der Waals surface area (Å²) in [5, 5.41) is 31.4. The molecule has 0 bridgehead atoms. The van der Waals surface area contributed by atoms with Crippen molar-refractivity contribution in [2.24, 2.45) is 0 Å². The van der Waals surface area contributed by atoms with Crippen molar-refractivity contribution >= 4 is 18.0 Å². The number of aromatic nitrogens is 1. The van der Waals surface area contributed by atoms with Crippen LogP contribution in [-0.2, 0) is 4.57 Å². The Morgan fingerprint density at radius 3 is 2.17 bits per heavy atom. The van der Waals surface area contributed by atoms with E-state index < -0.39 is 7.37 Å². The Kier molecular flexibility index (Phi) is 3.73. The third-order valence-electron chi connectivity index (χ3n) is 4.99. The van der Waals surface area contributed by atoms with E-state index in [0.717, 1.165) is 15.7 Å². The minimum atomic E-state index is -3.74. The summed E-state index contributed by atoms with van der Waals surface area (Å²) in [4.78, 5) is 0. The molecule has 29 heavy (non-hydrogen) atoms. The van der Waals surface area contributed by atoms with Gasteiger partial charge in [-0.25, -0.2) is 0 Å². The molecule has 1 atom stereocenters. The first-order chi connectivity index (χ1) is 14.0. The van der Waals surface area contributed by atoms with Gasteiger partial charge in [0.2, 0.25) is 5.88 Å². The number of fused-ring (bicyclic) bond motifs is 3. The molecule has 1 unspecified atom stereocenters. The number of nitrogens with zero attached hydrogens (tertiary/aromatic N) is 1. The first-order valence-electron chi connectivity index (χ1n) is 8.91. The van der Waals surface area contributed by atoms with Crippen LogP contribution in [0, 0.1) is 0 Å². The summed E-state index contributed by atoms with van der Waals surface area (Å²) < 4.78 is 21.3. The lowest BCUT2D eigenvalue weighted by atomic mass is 10.0. The zero-order valence-corrected chi connectivity index (χ0v) is 16.0. The van der Waals surface area contributed by atoms with Gasteiger partial charge in [-0.15, -0.1) is 0 Å². The molecule has 0 fully saturated rings. The molecule has 5 rings (SSSR count). The number of aromatic hydroxyl groups is 3. The molecule has 7 heteroatoms. The van der Waals surface area contributed by atoms with Crippen LogP contribution < -0.4 is 15.1 Å². The molecular formula is C22H16NO5P. The smallest absolute Gasteiger partial charge is 0.312 e. The lowest BCUT2D eigenvalue weighted by Crippen LogP contribution is -2.24. The Bertz CT molecular complexity index is 1290. The maximum Gasteiger partial charge on any atom is 0.312 e. The van der Waals surface area contributed by atoms with Gasteiger partial charge >= 0.3 is 7.37 Å². The van der Waals surface area contributed by atoms with E-state index in [9.17, 15) is 19.9 Å². The average molecular weight is 405 g/mol. The van der Waals surface area contributed by atoms with Crippen molar-refractivity contribution < 1.29 is 24.4 Å². The fourth-order valence-electron chi connectivity index (χ4n) is 3.64. The number of hydrogen-bond donors (Lipinski definition) is 3. The van der Waals surface area contributed by atoms with Crippen LogP contribution in [-0.4, -0.2) is 19.9 Å². The number of para-hydroxylation sites is 1. The van der Waals surface area contributed by atoms with Crippen LogP contribution in [0.15, 0.2) is 78.9 Å². The molecule has 1 aromatic heterocycles. The van der Waals surface area contributed by atoms with Crippen LogP contribution in [0.2, 0.25) is 0 Å². The standard InChI is InChI=1S/C22H16NO5P/c24-15-11-9-14(10-12-15)23-21(25)13-20(22(23)26)29(27)19-8-4-2-6-17(19)16-5-1-3-7-18(16)28-29/h1-13,24-26H. The number of phenols is 1. The Balaban J connectivity index is 1.74. The van der Waals surface area contributed by atoms with Gasteiger partial charge in [-0.1, -0.05) is 36.4 Å². The summed E-state index contributed by atoms with van der Waals surface area (Å²) >= 11 is 0. The van der Waals surface area contributed by atoms with Gasteiger partial charge in [-0.2, -0.15) is 0 Å². The fraction of sp³-hybridized carbons (Fsp3) is 0. The number of hydrogen-bond acceptors (Lipinski definition) is 5. The highest BCUT2D eigenvalue weighted by molar-refractivity contribution is 7.75. The molecule has 1 aliphatic heterocycles. The van der Waals surface area contributed by atoms with Gasteiger partial charge in [0.1, 0.15) is 16.8 Å². The first kappa shape index (κ1) is 17.5. The molecule has 3 aromatic carbocycles. The van der Waals surface area contributed by atoms with Gasteiger partial charge in [-0.05, 0) is 42.0 Å². The van der Waals surface area contributed by atoms with Crippen molar-refractivity contribution in [1.82, 2.24) is 4.57 Å². The van der Waals surface area contributed by atoms with Crippen LogP contribution in [0.3, 0.4) is 0 Å². The molecule has 6 nitrogen and oxygen atoms in total. The second-order valence-electron chi connectivity index (χ2n) is 6.72. The van der Waals surface area contributed by atoms with E-state index in [1.165, 1.54) is 30.3 Å². The van der Waals surface area contributed by atoms with Crippen LogP contribution in [0.5, 0.6) is 23.3 Å². The molecule has 144 valence electrons. The Morgan fingerprint density at radius 1 is 0.759 bits per heavy atom. The number of rotatable bonds is 2. The third kappa shape index (κ3) is 2.53. The highest BCUT2D eigenvalue weighted by atomic mass is 31.2. The summed E-state index contributed by atoms with van der Waals surface area (Å²) in [6, 6.07) is 21.6. The van der Waals surface area contributed by atoms with Crippen LogP contribution in [0.1, 0.15) is 0 Å². The van der Waals surface area contributed by atoms with Gasteiger partial charge in [0.05, 0.1) is 11.0 Å². The van der Waals surface area contributed by atoms with E-state index in [-0.39, 0.29) is 22.8 Å². The monoisotopic (exact) mass is 405 g/mol. The summed E-state index contributed by atoms with van der Waals surface area (Å²) in [6.07, 6.45) is 0. The minimum Gasteiger partial charge on any atom is -0.508 e. The van der Waals surface area contributed by atoms with Crippen molar-refractivity contribution in [2.45, 2.75) is 0 Å². The topological polar surface area (TPSA) is 91.9 Å². The maximum absolute atomic E-state index is 14.1. The Morgan fingerprint density at radius 2 is 1.41 bits per heavy atom.